The molecule has 0 bridgehead atoms. The molecule has 2 aromatic rings. The van der Waals surface area contributed by atoms with Gasteiger partial charge in [-0.1, -0.05) is 0 Å². The van der Waals surface area contributed by atoms with Crippen LogP contribution in [0.1, 0.15) is 15.2 Å². The normalized spacial score (nSPS) is 10.0. The summed E-state index contributed by atoms with van der Waals surface area (Å²) in [5.74, 6) is 0.564. The molecule has 0 aliphatic heterocycles. The lowest BCUT2D eigenvalue weighted by Crippen LogP contribution is -2.11. The quantitative estimate of drug-likeness (QED) is 0.908. The van der Waals surface area contributed by atoms with Gasteiger partial charge in [0.25, 0.3) is 5.91 Å². The average Bonchev–Trinajstić information content (AvgIpc) is 2.75. The van der Waals surface area contributed by atoms with E-state index in [2.05, 4.69) is 10.3 Å². The molecule has 0 atom stereocenters. The van der Waals surface area contributed by atoms with E-state index in [1.54, 1.807) is 37.6 Å². The van der Waals surface area contributed by atoms with Gasteiger partial charge in [-0.25, -0.2) is 4.98 Å². The van der Waals surface area contributed by atoms with Crippen LogP contribution in [0.3, 0.4) is 0 Å². The fourth-order valence-corrected chi connectivity index (χ4v) is 1.98. The van der Waals surface area contributed by atoms with Gasteiger partial charge in [-0.05, 0) is 31.2 Å². The number of carbonyl (C=O) groups excluding carboxylic acids is 1. The molecule has 4 nitrogen and oxygen atoms in total. The third-order valence-electron chi connectivity index (χ3n) is 2.19. The summed E-state index contributed by atoms with van der Waals surface area (Å²) in [7, 11) is 1.59. The van der Waals surface area contributed by atoms with Crippen LogP contribution in [-0.2, 0) is 0 Å². The van der Waals surface area contributed by atoms with E-state index >= 15 is 0 Å². The lowest BCUT2D eigenvalue weighted by Gasteiger charge is -2.03. The molecule has 1 amide bonds. The number of ether oxygens (including phenoxy) is 1. The van der Waals surface area contributed by atoms with Gasteiger partial charge in [0.1, 0.15) is 5.75 Å². The van der Waals surface area contributed by atoms with Crippen LogP contribution in [0, 0.1) is 6.92 Å². The summed E-state index contributed by atoms with van der Waals surface area (Å²) in [5, 5.41) is 3.36. The number of amides is 1. The molecule has 88 valence electrons. The third-order valence-corrected chi connectivity index (χ3v) is 3.02. The molecule has 1 heterocycles. The van der Waals surface area contributed by atoms with Crippen molar-refractivity contribution in [1.82, 2.24) is 4.98 Å². The van der Waals surface area contributed by atoms with E-state index in [0.717, 1.165) is 10.6 Å². The number of thiazole rings is 1. The summed E-state index contributed by atoms with van der Waals surface area (Å²) >= 11 is 1.45. The maximum atomic E-state index is 11.8. The molecule has 1 aromatic heterocycles. The van der Waals surface area contributed by atoms with Crippen LogP contribution in [0.15, 0.2) is 30.5 Å². The Morgan fingerprint density at radius 2 is 2.06 bits per heavy atom. The van der Waals surface area contributed by atoms with E-state index < -0.39 is 0 Å². The molecule has 0 unspecified atom stereocenters. The van der Waals surface area contributed by atoms with Crippen molar-refractivity contribution in [1.29, 1.82) is 0 Å². The molecule has 0 radical (unpaired) electrons. The Morgan fingerprint density at radius 3 is 2.59 bits per heavy atom. The van der Waals surface area contributed by atoms with E-state index in [1.807, 2.05) is 6.92 Å². The van der Waals surface area contributed by atoms with Crippen LogP contribution < -0.4 is 10.1 Å². The highest BCUT2D eigenvalue weighted by molar-refractivity contribution is 7.15. The summed E-state index contributed by atoms with van der Waals surface area (Å²) in [6.45, 7) is 1.95. The number of nitrogens with one attached hydrogen (secondary N) is 1. The third kappa shape index (κ3) is 2.82. The number of methoxy groups -OCH3 is 1. The van der Waals surface area contributed by atoms with Crippen LogP contribution in [0.5, 0.6) is 5.75 Å². The van der Waals surface area contributed by atoms with E-state index in [9.17, 15) is 4.79 Å². The molecular formula is C12H12N2O2S. The zero-order valence-electron chi connectivity index (χ0n) is 9.56. The van der Waals surface area contributed by atoms with Crippen molar-refractivity contribution in [3.05, 3.63) is 40.9 Å². The summed E-state index contributed by atoms with van der Waals surface area (Å²) < 4.78 is 5.03. The molecule has 2 rings (SSSR count). The minimum Gasteiger partial charge on any atom is -0.497 e. The van der Waals surface area contributed by atoms with Gasteiger partial charge < -0.3 is 4.74 Å². The first-order chi connectivity index (χ1) is 8.19. The molecule has 1 aromatic carbocycles. The molecule has 0 aliphatic rings. The highest BCUT2D eigenvalue weighted by Crippen LogP contribution is 2.18. The average molecular weight is 248 g/mol. The van der Waals surface area contributed by atoms with E-state index in [4.69, 9.17) is 4.74 Å². The van der Waals surface area contributed by atoms with Gasteiger partial charge in [0, 0.05) is 16.6 Å². The fourth-order valence-electron chi connectivity index (χ4n) is 1.32. The maximum absolute atomic E-state index is 11.8. The second kappa shape index (κ2) is 4.97. The molecular weight excluding hydrogens is 236 g/mol. The Balaban J connectivity index is 2.09. The Labute approximate surface area is 103 Å². The number of carbonyl (C=O) groups is 1. The number of aryl methyl sites for hydroxylation is 1. The van der Waals surface area contributed by atoms with Crippen molar-refractivity contribution in [2.24, 2.45) is 0 Å². The molecule has 0 aliphatic carbocycles. The molecule has 0 spiro atoms. The lowest BCUT2D eigenvalue weighted by atomic mass is 10.2. The lowest BCUT2D eigenvalue weighted by molar-refractivity contribution is 0.102. The molecule has 0 saturated heterocycles. The molecule has 17 heavy (non-hydrogen) atoms. The number of nitrogens with zero attached hydrogens (tertiary/aromatic N) is 1. The first kappa shape index (κ1) is 11.6. The monoisotopic (exact) mass is 248 g/mol. The number of aromatic nitrogens is 1. The van der Waals surface area contributed by atoms with Crippen molar-refractivity contribution in [3.63, 3.8) is 0 Å². The largest absolute Gasteiger partial charge is 0.497 e. The van der Waals surface area contributed by atoms with Gasteiger partial charge in [0.2, 0.25) is 0 Å². The van der Waals surface area contributed by atoms with E-state index in [0.29, 0.717) is 10.7 Å². The van der Waals surface area contributed by atoms with Gasteiger partial charge in [-0.15, -0.1) is 11.3 Å². The molecule has 5 heteroatoms. The van der Waals surface area contributed by atoms with Gasteiger partial charge in [-0.3, -0.25) is 10.1 Å². The van der Waals surface area contributed by atoms with Gasteiger partial charge >= 0.3 is 0 Å². The predicted octanol–water partition coefficient (Wildman–Crippen LogP) is 2.71. The Bertz CT molecular complexity index is 520. The highest BCUT2D eigenvalue weighted by Gasteiger charge is 2.08. The first-order valence-electron chi connectivity index (χ1n) is 5.07. The zero-order chi connectivity index (χ0) is 12.3. The first-order valence-corrected chi connectivity index (χ1v) is 5.88. The van der Waals surface area contributed by atoms with Crippen LogP contribution in [0.4, 0.5) is 5.13 Å². The van der Waals surface area contributed by atoms with Crippen molar-refractivity contribution in [3.8, 4) is 5.75 Å². The van der Waals surface area contributed by atoms with E-state index in [-0.39, 0.29) is 5.91 Å². The van der Waals surface area contributed by atoms with Crippen molar-refractivity contribution < 1.29 is 9.53 Å². The van der Waals surface area contributed by atoms with E-state index in [1.165, 1.54) is 11.3 Å². The highest BCUT2D eigenvalue weighted by atomic mass is 32.1. The molecule has 0 saturated carbocycles. The van der Waals surface area contributed by atoms with Gasteiger partial charge in [0.15, 0.2) is 5.13 Å². The van der Waals surface area contributed by atoms with Gasteiger partial charge in [-0.2, -0.15) is 0 Å². The summed E-state index contributed by atoms with van der Waals surface area (Å²) in [4.78, 5) is 17.0. The van der Waals surface area contributed by atoms with Crippen LogP contribution >= 0.6 is 11.3 Å². The van der Waals surface area contributed by atoms with Crippen LogP contribution in [-0.4, -0.2) is 18.0 Å². The molecule has 0 fully saturated rings. The number of benzene rings is 1. The van der Waals surface area contributed by atoms with Crippen molar-refractivity contribution >= 4 is 22.4 Å². The van der Waals surface area contributed by atoms with Crippen molar-refractivity contribution in [2.45, 2.75) is 6.92 Å². The second-order valence-corrected chi connectivity index (χ2v) is 4.69. The standard InChI is InChI=1S/C12H12N2O2S/c1-8-7-13-12(17-8)14-11(15)9-3-5-10(16-2)6-4-9/h3-7H,1-2H3,(H,13,14,15). The Morgan fingerprint density at radius 1 is 1.35 bits per heavy atom. The predicted molar refractivity (Wildman–Crippen MR) is 67.8 cm³/mol. The summed E-state index contributed by atoms with van der Waals surface area (Å²) in [6, 6.07) is 6.94. The Kier molecular flexibility index (Phi) is 3.39. The molecule has 1 N–H and O–H groups in total. The van der Waals surface area contributed by atoms with Gasteiger partial charge in [0.05, 0.1) is 7.11 Å². The number of hydrogen-bond acceptors (Lipinski definition) is 4. The van der Waals surface area contributed by atoms with Crippen LogP contribution in [0.2, 0.25) is 0 Å². The minimum absolute atomic E-state index is 0.165. The smallest absolute Gasteiger partial charge is 0.257 e. The Hall–Kier alpha value is -1.88. The fraction of sp³-hybridized carbons (Fsp3) is 0.167. The second-order valence-electron chi connectivity index (χ2n) is 3.46. The number of anilines is 1. The number of rotatable bonds is 3. The summed E-state index contributed by atoms with van der Waals surface area (Å²) in [5.41, 5.74) is 0.582. The maximum Gasteiger partial charge on any atom is 0.257 e. The zero-order valence-corrected chi connectivity index (χ0v) is 10.4. The SMILES string of the molecule is COc1ccc(C(=O)Nc2ncc(C)s2)cc1. The van der Waals surface area contributed by atoms with Crippen LogP contribution in [0.25, 0.3) is 0 Å². The summed E-state index contributed by atoms with van der Waals surface area (Å²) in [6.07, 6.45) is 1.73. The number of hydrogen-bond donors (Lipinski definition) is 1. The topological polar surface area (TPSA) is 51.2 Å². The minimum atomic E-state index is -0.165. The van der Waals surface area contributed by atoms with Crippen molar-refractivity contribution in [2.75, 3.05) is 12.4 Å².